The van der Waals surface area contributed by atoms with Gasteiger partial charge in [-0.05, 0) is 31.0 Å². The number of aliphatic hydroxyl groups is 1. The molecule has 1 aromatic rings. The fraction of sp³-hybridized carbons (Fsp3) is 0.500. The number of halogens is 1. The van der Waals surface area contributed by atoms with Gasteiger partial charge in [0.1, 0.15) is 5.82 Å². The minimum atomic E-state index is -0.868. The van der Waals surface area contributed by atoms with Gasteiger partial charge >= 0.3 is 0 Å². The number of carbonyl (C=O) groups excluding carboxylic acids is 1. The zero-order valence-electron chi connectivity index (χ0n) is 10.9. The number of carbonyl (C=O) groups is 1. The van der Waals surface area contributed by atoms with Crippen LogP contribution in [-0.4, -0.2) is 23.2 Å². The smallest absolute Gasteiger partial charge is 0.224 e. The number of nitrogens with one attached hydrogen (secondary N) is 1. The van der Waals surface area contributed by atoms with Crippen molar-refractivity contribution in [2.45, 2.75) is 38.7 Å². The van der Waals surface area contributed by atoms with Crippen molar-refractivity contribution in [3.05, 3.63) is 35.6 Å². The number of rotatable bonds is 6. The summed E-state index contributed by atoms with van der Waals surface area (Å²) in [6, 6.07) is 5.82. The van der Waals surface area contributed by atoms with Crippen LogP contribution in [0.5, 0.6) is 0 Å². The number of hydrogen-bond acceptors (Lipinski definition) is 2. The highest BCUT2D eigenvalue weighted by atomic mass is 19.1. The molecular formula is C14H20FNO2. The highest BCUT2D eigenvalue weighted by Gasteiger charge is 2.19. The Bertz CT molecular complexity index is 387. The molecule has 0 aliphatic rings. The SMILES string of the molecule is CCCC(C)(O)CNC(=O)Cc1ccc(F)cc1. The summed E-state index contributed by atoms with van der Waals surface area (Å²) in [7, 11) is 0. The molecule has 0 radical (unpaired) electrons. The minimum Gasteiger partial charge on any atom is -0.388 e. The molecule has 0 aliphatic heterocycles. The predicted octanol–water partition coefficient (Wildman–Crippen LogP) is 2.04. The topological polar surface area (TPSA) is 49.3 Å². The maximum atomic E-state index is 12.7. The molecule has 0 spiro atoms. The van der Waals surface area contributed by atoms with Crippen LogP contribution in [0.3, 0.4) is 0 Å². The van der Waals surface area contributed by atoms with Gasteiger partial charge in [-0.15, -0.1) is 0 Å². The molecule has 1 rings (SSSR count). The van der Waals surface area contributed by atoms with E-state index in [-0.39, 0.29) is 24.7 Å². The van der Waals surface area contributed by atoms with Crippen LogP contribution in [0.1, 0.15) is 32.3 Å². The van der Waals surface area contributed by atoms with Crippen LogP contribution in [0.15, 0.2) is 24.3 Å². The zero-order valence-corrected chi connectivity index (χ0v) is 10.9. The average molecular weight is 253 g/mol. The minimum absolute atomic E-state index is 0.169. The average Bonchev–Trinajstić information content (AvgIpc) is 2.30. The van der Waals surface area contributed by atoms with Crippen LogP contribution in [0, 0.1) is 5.82 Å². The molecule has 3 nitrogen and oxygen atoms in total. The second-order valence-electron chi connectivity index (χ2n) is 4.83. The Hall–Kier alpha value is -1.42. The fourth-order valence-electron chi connectivity index (χ4n) is 1.77. The van der Waals surface area contributed by atoms with Crippen molar-refractivity contribution in [1.82, 2.24) is 5.32 Å². The van der Waals surface area contributed by atoms with Crippen molar-refractivity contribution in [3.8, 4) is 0 Å². The highest BCUT2D eigenvalue weighted by molar-refractivity contribution is 5.78. The molecule has 0 aliphatic carbocycles. The van der Waals surface area contributed by atoms with Gasteiger partial charge in [-0.2, -0.15) is 0 Å². The second kappa shape index (κ2) is 6.50. The Morgan fingerprint density at radius 2 is 2.00 bits per heavy atom. The molecule has 4 heteroatoms. The summed E-state index contributed by atoms with van der Waals surface area (Å²) in [5.41, 5.74) is -0.114. The lowest BCUT2D eigenvalue weighted by atomic mass is 10.0. The van der Waals surface area contributed by atoms with E-state index in [9.17, 15) is 14.3 Å². The van der Waals surface area contributed by atoms with Crippen molar-refractivity contribution in [2.75, 3.05) is 6.54 Å². The first-order valence-electron chi connectivity index (χ1n) is 6.16. The van der Waals surface area contributed by atoms with Gasteiger partial charge in [0.05, 0.1) is 12.0 Å². The monoisotopic (exact) mass is 253 g/mol. The summed E-state index contributed by atoms with van der Waals surface area (Å²) in [6.45, 7) is 3.92. The zero-order chi connectivity index (χ0) is 13.6. The Kier molecular flexibility index (Phi) is 5.28. The van der Waals surface area contributed by atoms with Crippen molar-refractivity contribution in [3.63, 3.8) is 0 Å². The largest absolute Gasteiger partial charge is 0.388 e. The normalized spacial score (nSPS) is 14.0. The first-order chi connectivity index (χ1) is 8.43. The molecule has 18 heavy (non-hydrogen) atoms. The van der Waals surface area contributed by atoms with Crippen molar-refractivity contribution < 1.29 is 14.3 Å². The van der Waals surface area contributed by atoms with Gasteiger partial charge in [-0.1, -0.05) is 25.5 Å². The second-order valence-corrected chi connectivity index (χ2v) is 4.83. The van der Waals surface area contributed by atoms with Crippen molar-refractivity contribution >= 4 is 5.91 Å². The Morgan fingerprint density at radius 1 is 1.39 bits per heavy atom. The lowest BCUT2D eigenvalue weighted by Crippen LogP contribution is -2.41. The van der Waals surface area contributed by atoms with Gasteiger partial charge in [0.15, 0.2) is 0 Å². The van der Waals surface area contributed by atoms with Gasteiger partial charge in [0.2, 0.25) is 5.91 Å². The third-order valence-electron chi connectivity index (χ3n) is 2.73. The molecule has 1 atom stereocenters. The van der Waals surface area contributed by atoms with Gasteiger partial charge in [0, 0.05) is 6.54 Å². The van der Waals surface area contributed by atoms with Crippen LogP contribution >= 0.6 is 0 Å². The van der Waals surface area contributed by atoms with E-state index in [1.165, 1.54) is 12.1 Å². The third-order valence-corrected chi connectivity index (χ3v) is 2.73. The molecule has 2 N–H and O–H groups in total. The third kappa shape index (κ3) is 5.27. The molecule has 0 heterocycles. The summed E-state index contributed by atoms with van der Waals surface area (Å²) in [4.78, 5) is 11.6. The first-order valence-corrected chi connectivity index (χ1v) is 6.16. The Morgan fingerprint density at radius 3 is 2.56 bits per heavy atom. The van der Waals surface area contributed by atoms with Gasteiger partial charge in [-0.25, -0.2) is 4.39 Å². The van der Waals surface area contributed by atoms with Gasteiger partial charge < -0.3 is 10.4 Å². The standard InChI is InChI=1S/C14H20FNO2/c1-3-8-14(2,18)10-16-13(17)9-11-4-6-12(15)7-5-11/h4-7,18H,3,8-10H2,1-2H3,(H,16,17). The summed E-state index contributed by atoms with van der Waals surface area (Å²) in [5, 5.41) is 12.6. The summed E-state index contributed by atoms with van der Waals surface area (Å²) in [5.74, 6) is -0.483. The van der Waals surface area contributed by atoms with E-state index in [4.69, 9.17) is 0 Å². The maximum Gasteiger partial charge on any atom is 0.224 e. The predicted molar refractivity (Wildman–Crippen MR) is 68.6 cm³/mol. The first kappa shape index (κ1) is 14.6. The molecular weight excluding hydrogens is 233 g/mol. The molecule has 1 amide bonds. The molecule has 0 bridgehead atoms. The number of amides is 1. The molecule has 1 aromatic carbocycles. The molecule has 0 saturated heterocycles. The lowest BCUT2D eigenvalue weighted by Gasteiger charge is -2.22. The Labute approximate surface area is 107 Å². The molecule has 100 valence electrons. The van der Waals surface area contributed by atoms with Gasteiger partial charge in [0.25, 0.3) is 0 Å². The maximum absolute atomic E-state index is 12.7. The molecule has 0 fully saturated rings. The van der Waals surface area contributed by atoms with E-state index in [2.05, 4.69) is 5.32 Å². The van der Waals surface area contributed by atoms with Crippen molar-refractivity contribution in [2.24, 2.45) is 0 Å². The van der Waals surface area contributed by atoms with Crippen LogP contribution in [0.25, 0.3) is 0 Å². The fourth-order valence-corrected chi connectivity index (χ4v) is 1.77. The van der Waals surface area contributed by atoms with Crippen LogP contribution < -0.4 is 5.32 Å². The van der Waals surface area contributed by atoms with E-state index < -0.39 is 5.60 Å². The number of benzene rings is 1. The van der Waals surface area contributed by atoms with E-state index in [1.54, 1.807) is 19.1 Å². The quantitative estimate of drug-likeness (QED) is 0.815. The van der Waals surface area contributed by atoms with E-state index in [0.717, 1.165) is 12.0 Å². The van der Waals surface area contributed by atoms with E-state index in [1.807, 2.05) is 6.92 Å². The summed E-state index contributed by atoms with van der Waals surface area (Å²) < 4.78 is 12.7. The van der Waals surface area contributed by atoms with E-state index >= 15 is 0 Å². The van der Waals surface area contributed by atoms with Crippen LogP contribution in [0.4, 0.5) is 4.39 Å². The highest BCUT2D eigenvalue weighted by Crippen LogP contribution is 2.10. The van der Waals surface area contributed by atoms with Gasteiger partial charge in [-0.3, -0.25) is 4.79 Å². The summed E-state index contributed by atoms with van der Waals surface area (Å²) >= 11 is 0. The molecule has 0 aromatic heterocycles. The number of hydrogen-bond donors (Lipinski definition) is 2. The Balaban J connectivity index is 2.40. The van der Waals surface area contributed by atoms with Crippen LogP contribution in [0.2, 0.25) is 0 Å². The lowest BCUT2D eigenvalue weighted by molar-refractivity contribution is -0.121. The molecule has 1 unspecified atom stereocenters. The van der Waals surface area contributed by atoms with E-state index in [0.29, 0.717) is 6.42 Å². The van der Waals surface area contributed by atoms with Crippen molar-refractivity contribution in [1.29, 1.82) is 0 Å². The summed E-state index contributed by atoms with van der Waals surface area (Å²) in [6.07, 6.45) is 1.70. The van der Waals surface area contributed by atoms with Crippen LogP contribution in [-0.2, 0) is 11.2 Å². The molecule has 0 saturated carbocycles.